The quantitative estimate of drug-likeness (QED) is 0.502. The molecule has 0 saturated carbocycles. The predicted octanol–water partition coefficient (Wildman–Crippen LogP) is 4.17. The van der Waals surface area contributed by atoms with Crippen molar-refractivity contribution in [3.05, 3.63) is 52.7 Å². The molecule has 0 aromatic heterocycles. The Balaban J connectivity index is 1.76. The summed E-state index contributed by atoms with van der Waals surface area (Å²) in [6.07, 6.45) is 8.31. The Bertz CT molecular complexity index is 838. The van der Waals surface area contributed by atoms with Gasteiger partial charge in [-0.15, -0.1) is 0 Å². The van der Waals surface area contributed by atoms with Gasteiger partial charge < -0.3 is 9.80 Å². The number of anilines is 1. The van der Waals surface area contributed by atoms with Gasteiger partial charge in [0.25, 0.3) is 0 Å². The molecule has 3 heteroatoms. The molecule has 1 aromatic rings. The Hall–Kier alpha value is -1.87. The van der Waals surface area contributed by atoms with E-state index in [0.717, 1.165) is 24.8 Å². The van der Waals surface area contributed by atoms with Crippen molar-refractivity contribution < 1.29 is 9.28 Å². The molecule has 4 aliphatic rings. The van der Waals surface area contributed by atoms with Gasteiger partial charge in [0.15, 0.2) is 0 Å². The monoisotopic (exact) mass is 349 g/mol. The molecule has 3 nitrogen and oxygen atoms in total. The highest BCUT2D eigenvalue weighted by Gasteiger charge is 2.68. The van der Waals surface area contributed by atoms with Crippen molar-refractivity contribution in [3.8, 4) is 0 Å². The number of nitrogens with zero attached hydrogens (tertiary/aromatic N) is 1. The van der Waals surface area contributed by atoms with E-state index in [1.54, 1.807) is 0 Å². The Morgan fingerprint density at radius 3 is 2.96 bits per heavy atom. The van der Waals surface area contributed by atoms with Gasteiger partial charge >= 0.3 is 0 Å². The Morgan fingerprint density at radius 2 is 2.19 bits per heavy atom. The van der Waals surface area contributed by atoms with E-state index >= 15 is 0 Å². The van der Waals surface area contributed by atoms with Crippen LogP contribution < -0.4 is 5.32 Å². The third kappa shape index (κ3) is 1.80. The van der Waals surface area contributed by atoms with Gasteiger partial charge in [-0.05, 0) is 30.5 Å². The van der Waals surface area contributed by atoms with E-state index in [-0.39, 0.29) is 5.41 Å². The topological polar surface area (TPSA) is 29.1 Å². The number of allylic oxidation sites excluding steroid dienone is 2. The van der Waals surface area contributed by atoms with E-state index < -0.39 is 0 Å². The predicted molar refractivity (Wildman–Crippen MR) is 105 cm³/mol. The summed E-state index contributed by atoms with van der Waals surface area (Å²) in [5.74, 6) is 0.318. The van der Waals surface area contributed by atoms with Crippen molar-refractivity contribution in [2.75, 3.05) is 25.0 Å². The Labute approximate surface area is 156 Å². The van der Waals surface area contributed by atoms with Gasteiger partial charge in [0.1, 0.15) is 18.9 Å². The van der Waals surface area contributed by atoms with Crippen molar-refractivity contribution in [2.45, 2.75) is 51.0 Å². The van der Waals surface area contributed by atoms with Crippen LogP contribution in [-0.4, -0.2) is 36.4 Å². The van der Waals surface area contributed by atoms with Gasteiger partial charge in [-0.3, -0.25) is 4.79 Å². The molecule has 26 heavy (non-hydrogen) atoms. The van der Waals surface area contributed by atoms with Crippen LogP contribution in [-0.2, 0) is 10.2 Å². The van der Waals surface area contributed by atoms with E-state index in [9.17, 15) is 4.79 Å². The largest absolute Gasteiger partial charge is 0.357 e. The van der Waals surface area contributed by atoms with Crippen LogP contribution in [0.25, 0.3) is 0 Å². The minimum atomic E-state index is 0.0380. The van der Waals surface area contributed by atoms with Crippen LogP contribution in [0, 0.1) is 5.92 Å². The lowest BCUT2D eigenvalue weighted by Gasteiger charge is -2.53. The van der Waals surface area contributed by atoms with Gasteiger partial charge in [0.2, 0.25) is 0 Å². The van der Waals surface area contributed by atoms with Crippen LogP contribution in [0.5, 0.6) is 0 Å². The van der Waals surface area contributed by atoms with Crippen LogP contribution in [0.2, 0.25) is 0 Å². The maximum Gasteiger partial charge on any atom is 0.148 e. The number of benzene rings is 1. The highest BCUT2D eigenvalue weighted by molar-refractivity contribution is 5.84. The molecule has 1 aromatic carbocycles. The average Bonchev–Trinajstić information content (AvgIpc) is 3.20. The van der Waals surface area contributed by atoms with Gasteiger partial charge in [-0.2, -0.15) is 0 Å². The molecular weight excluding hydrogens is 320 g/mol. The third-order valence-corrected chi connectivity index (χ3v) is 7.82. The molecule has 4 atom stereocenters. The number of carbonyl (C=O) groups is 1. The first kappa shape index (κ1) is 16.3. The Morgan fingerprint density at radius 1 is 1.35 bits per heavy atom. The molecule has 1 N–H and O–H groups in total. The second-order valence-electron chi connectivity index (χ2n) is 8.69. The minimum Gasteiger partial charge on any atom is -0.357 e. The summed E-state index contributed by atoms with van der Waals surface area (Å²) in [5, 5.41) is 3.71. The van der Waals surface area contributed by atoms with Crippen LogP contribution in [0.4, 0.5) is 5.69 Å². The SMILES string of the molecule is C/C=C1\C[N+]2(CCCC)CC[C@@]34C(=C(C=O)[C@H]1C[C@@H]32)Nc1ccccc14. The second-order valence-corrected chi connectivity index (χ2v) is 8.69. The molecule has 136 valence electrons. The fraction of sp³-hybridized carbons (Fsp3) is 0.522. The number of hydrogen-bond acceptors (Lipinski definition) is 2. The summed E-state index contributed by atoms with van der Waals surface area (Å²) >= 11 is 0. The number of carbonyl (C=O) groups excluding carboxylic acids is 1. The number of rotatable bonds is 4. The summed E-state index contributed by atoms with van der Waals surface area (Å²) in [6, 6.07) is 9.39. The molecular formula is C23H29N2O+. The van der Waals surface area contributed by atoms with Crippen molar-refractivity contribution in [3.63, 3.8) is 0 Å². The number of hydrogen-bond donors (Lipinski definition) is 1. The van der Waals surface area contributed by atoms with Crippen LogP contribution in [0.15, 0.2) is 47.2 Å². The maximum atomic E-state index is 12.2. The summed E-state index contributed by atoms with van der Waals surface area (Å²) in [7, 11) is 0. The Kier molecular flexibility index (Phi) is 3.49. The maximum absolute atomic E-state index is 12.2. The number of fused-ring (bicyclic) bond motifs is 2. The molecule has 5 rings (SSSR count). The van der Waals surface area contributed by atoms with Crippen LogP contribution in [0.3, 0.4) is 0 Å². The summed E-state index contributed by atoms with van der Waals surface area (Å²) in [4.78, 5) is 12.2. The minimum absolute atomic E-state index is 0.0380. The molecule has 1 unspecified atom stereocenters. The van der Waals surface area contributed by atoms with E-state index in [1.807, 2.05) is 0 Å². The highest BCUT2D eigenvalue weighted by atomic mass is 16.1. The normalized spacial score (nSPS) is 38.2. The zero-order chi connectivity index (χ0) is 17.9. The second kappa shape index (κ2) is 5.56. The number of quaternary nitrogens is 1. The number of aldehydes is 1. The molecule has 0 amide bonds. The molecule has 3 heterocycles. The number of para-hydroxylation sites is 1. The molecule has 0 radical (unpaired) electrons. The first-order chi connectivity index (χ1) is 12.7. The molecule has 2 fully saturated rings. The molecule has 1 aliphatic carbocycles. The smallest absolute Gasteiger partial charge is 0.148 e. The van der Waals surface area contributed by atoms with Gasteiger partial charge in [0.05, 0.1) is 18.5 Å². The lowest BCUT2D eigenvalue weighted by molar-refractivity contribution is -0.941. The van der Waals surface area contributed by atoms with E-state index in [4.69, 9.17) is 0 Å². The first-order valence-corrected chi connectivity index (χ1v) is 10.3. The number of unbranched alkanes of at least 4 members (excludes halogenated alkanes) is 1. The average molecular weight is 349 g/mol. The molecule has 2 bridgehead atoms. The van der Waals surface area contributed by atoms with Gasteiger partial charge in [-0.1, -0.05) is 37.6 Å². The first-order valence-electron chi connectivity index (χ1n) is 10.3. The highest BCUT2D eigenvalue weighted by Crippen LogP contribution is 2.63. The van der Waals surface area contributed by atoms with Crippen molar-refractivity contribution in [1.29, 1.82) is 0 Å². The van der Waals surface area contributed by atoms with Crippen molar-refractivity contribution in [2.24, 2.45) is 5.92 Å². The number of nitrogens with one attached hydrogen (secondary N) is 1. The van der Waals surface area contributed by atoms with Gasteiger partial charge in [-0.25, -0.2) is 0 Å². The summed E-state index contributed by atoms with van der Waals surface area (Å²) < 4.78 is 1.23. The fourth-order valence-electron chi connectivity index (χ4n) is 6.70. The summed E-state index contributed by atoms with van der Waals surface area (Å²) in [5.41, 5.74) is 6.47. The zero-order valence-corrected chi connectivity index (χ0v) is 15.9. The fourth-order valence-corrected chi connectivity index (χ4v) is 6.70. The summed E-state index contributed by atoms with van der Waals surface area (Å²) in [6.45, 7) is 8.12. The number of piperidine rings is 1. The van der Waals surface area contributed by atoms with E-state index in [0.29, 0.717) is 12.0 Å². The zero-order valence-electron chi connectivity index (χ0n) is 15.9. The van der Waals surface area contributed by atoms with Gasteiger partial charge in [0, 0.05) is 35.7 Å². The molecule has 2 saturated heterocycles. The van der Waals surface area contributed by atoms with Crippen LogP contribution >= 0.6 is 0 Å². The lowest BCUT2D eigenvalue weighted by Crippen LogP contribution is -2.63. The van der Waals surface area contributed by atoms with E-state index in [1.165, 1.54) is 59.4 Å². The standard InChI is InChI=1S/C23H28N2O/c1-3-5-11-25-12-10-23-19-8-6-7-9-20(19)24-22(23)18(15-26)17(13-21(23)25)16(4-2)14-25/h4,6-9,15,17,21H,3,5,10-14H2,1-2H3/p+1/b16-4+/t17-,21-,23-,25?/m0/s1. The van der Waals surface area contributed by atoms with Crippen LogP contribution in [0.1, 0.15) is 45.1 Å². The molecule has 3 aliphatic heterocycles. The molecule has 1 spiro atoms. The van der Waals surface area contributed by atoms with E-state index in [2.05, 4.69) is 49.5 Å². The third-order valence-electron chi connectivity index (χ3n) is 7.82. The van der Waals surface area contributed by atoms with Crippen molar-refractivity contribution in [1.82, 2.24) is 0 Å². The van der Waals surface area contributed by atoms with Crippen molar-refractivity contribution >= 4 is 12.0 Å². The lowest BCUT2D eigenvalue weighted by atomic mass is 9.61.